The van der Waals surface area contributed by atoms with E-state index in [2.05, 4.69) is 8.75 Å². The molecule has 0 fully saturated rings. The number of amides is 1. The van der Waals surface area contributed by atoms with Gasteiger partial charge in [0.25, 0.3) is 5.82 Å². The van der Waals surface area contributed by atoms with Crippen molar-refractivity contribution in [3.8, 4) is 11.3 Å². The number of aromatic nitrogens is 2. The zero-order valence-corrected chi connectivity index (χ0v) is 14.2. The molecule has 1 heterocycles. The molecule has 10 heteroatoms. The predicted molar refractivity (Wildman–Crippen MR) is 88.2 cm³/mol. The zero-order chi connectivity index (χ0) is 17.2. The fourth-order valence-electron chi connectivity index (χ4n) is 2.00. The van der Waals surface area contributed by atoms with E-state index < -0.39 is 16.5 Å². The van der Waals surface area contributed by atoms with E-state index in [4.69, 9.17) is 28.3 Å². The van der Waals surface area contributed by atoms with Crippen LogP contribution in [0.2, 0.25) is 10.0 Å². The van der Waals surface area contributed by atoms with Crippen molar-refractivity contribution in [2.45, 2.75) is 6.42 Å². The van der Waals surface area contributed by atoms with Crippen LogP contribution >= 0.6 is 34.9 Å². The average molecular weight is 377 g/mol. The summed E-state index contributed by atoms with van der Waals surface area (Å²) in [6, 6.07) is 4.87. The average Bonchev–Trinajstić information content (AvgIpc) is 2.94. The number of nitrogens with zero attached hydrogens (tertiary/aromatic N) is 3. The predicted octanol–water partition coefficient (Wildman–Crippen LogP) is 3.60. The number of rotatable bonds is 5. The molecule has 0 aliphatic rings. The highest BCUT2D eigenvalue weighted by molar-refractivity contribution is 6.99. The van der Waals surface area contributed by atoms with Crippen LogP contribution in [0.5, 0.6) is 0 Å². The molecular formula is C13H12Cl2N3O4S+. The Balaban J connectivity index is 2.58. The van der Waals surface area contributed by atoms with Gasteiger partial charge in [0.15, 0.2) is 5.69 Å². The number of carboxylic acid groups (broad SMARTS) is 2. The summed E-state index contributed by atoms with van der Waals surface area (Å²) < 4.78 is 7.44. The molecule has 0 saturated heterocycles. The zero-order valence-electron chi connectivity index (χ0n) is 11.9. The van der Waals surface area contributed by atoms with Crippen LogP contribution in [0.3, 0.4) is 0 Å². The number of carbonyl (C=O) groups is 2. The smallest absolute Gasteiger partial charge is 0.481 e. The van der Waals surface area contributed by atoms with Crippen LogP contribution in [-0.4, -0.2) is 44.6 Å². The second-order valence-electron chi connectivity index (χ2n) is 4.87. The Hall–Kier alpha value is -1.74. The standard InChI is InChI=1S/C13H11Cl2N3O4S/c1-18(13(21)22,6-5-9(19)20)12-11(16-23-17-12)10-7(14)3-2-4-8(10)15/h2-4H,5-6H2,1H3,(H-,19,20,21,22)/p+1. The van der Waals surface area contributed by atoms with E-state index in [1.54, 1.807) is 18.2 Å². The quantitative estimate of drug-likeness (QED) is 0.773. The minimum absolute atomic E-state index is 0.0961. The number of hydrogen-bond donors (Lipinski definition) is 2. The molecule has 1 unspecified atom stereocenters. The summed E-state index contributed by atoms with van der Waals surface area (Å²) in [6.45, 7) is -0.189. The molecule has 1 aromatic heterocycles. The van der Waals surface area contributed by atoms with Gasteiger partial charge in [-0.15, -0.1) is 4.37 Å². The molecule has 2 rings (SSSR count). The summed E-state index contributed by atoms with van der Waals surface area (Å²) in [4.78, 5) is 22.6. The topological polar surface area (TPSA) is 100 Å². The Kier molecular flexibility index (Phi) is 5.20. The largest absolute Gasteiger partial charge is 0.519 e. The van der Waals surface area contributed by atoms with Crippen molar-refractivity contribution in [3.63, 3.8) is 0 Å². The van der Waals surface area contributed by atoms with E-state index in [0.29, 0.717) is 15.6 Å². The van der Waals surface area contributed by atoms with Crippen molar-refractivity contribution in [3.05, 3.63) is 28.2 Å². The Labute approximate surface area is 145 Å². The highest BCUT2D eigenvalue weighted by Gasteiger charge is 2.41. The molecule has 2 aromatic rings. The van der Waals surface area contributed by atoms with E-state index in [1.807, 2.05) is 0 Å². The third-order valence-corrected chi connectivity index (χ3v) is 4.48. The van der Waals surface area contributed by atoms with Crippen LogP contribution in [0.1, 0.15) is 6.42 Å². The van der Waals surface area contributed by atoms with Gasteiger partial charge in [0.05, 0.1) is 35.2 Å². The van der Waals surface area contributed by atoms with Gasteiger partial charge in [-0.25, -0.2) is 0 Å². The van der Waals surface area contributed by atoms with Crippen molar-refractivity contribution < 1.29 is 19.8 Å². The van der Waals surface area contributed by atoms with Crippen LogP contribution in [0, 0.1) is 0 Å². The third kappa shape index (κ3) is 3.45. The van der Waals surface area contributed by atoms with Gasteiger partial charge in [0.2, 0.25) is 0 Å². The first kappa shape index (κ1) is 17.6. The van der Waals surface area contributed by atoms with Gasteiger partial charge < -0.3 is 10.2 Å². The minimum Gasteiger partial charge on any atom is -0.481 e. The Morgan fingerprint density at radius 3 is 2.35 bits per heavy atom. The van der Waals surface area contributed by atoms with Gasteiger partial charge >= 0.3 is 12.1 Å². The van der Waals surface area contributed by atoms with Gasteiger partial charge in [-0.1, -0.05) is 29.3 Å². The summed E-state index contributed by atoms with van der Waals surface area (Å²) in [5.74, 6) is -1.00. The molecule has 0 spiro atoms. The maximum absolute atomic E-state index is 11.7. The first-order chi connectivity index (χ1) is 10.8. The maximum Gasteiger partial charge on any atom is 0.519 e. The lowest BCUT2D eigenvalue weighted by molar-refractivity contribution is -0.137. The van der Waals surface area contributed by atoms with Gasteiger partial charge in [-0.05, 0) is 12.1 Å². The fourth-order valence-corrected chi connectivity index (χ4v) is 3.22. The summed E-state index contributed by atoms with van der Waals surface area (Å²) in [7, 11) is 1.36. The lowest BCUT2D eigenvalue weighted by Crippen LogP contribution is -2.51. The van der Waals surface area contributed by atoms with Crippen molar-refractivity contribution in [1.82, 2.24) is 13.2 Å². The summed E-state index contributed by atoms with van der Waals surface area (Å²) in [5.41, 5.74) is 0.612. The van der Waals surface area contributed by atoms with E-state index in [1.165, 1.54) is 7.05 Å². The monoisotopic (exact) mass is 376 g/mol. The van der Waals surface area contributed by atoms with Crippen molar-refractivity contribution >= 4 is 52.8 Å². The number of hydrogen-bond acceptors (Lipinski definition) is 5. The first-order valence-corrected chi connectivity index (χ1v) is 7.84. The molecule has 0 aliphatic heterocycles. The molecule has 23 heavy (non-hydrogen) atoms. The molecule has 2 N–H and O–H groups in total. The SMILES string of the molecule is C[N+](CCC(=O)O)(C(=O)O)c1nsnc1-c1c(Cl)cccc1Cl. The molecule has 1 atom stereocenters. The fraction of sp³-hybridized carbons (Fsp3) is 0.231. The first-order valence-electron chi connectivity index (χ1n) is 6.35. The molecule has 0 bridgehead atoms. The van der Waals surface area contributed by atoms with Crippen LogP contribution in [0.4, 0.5) is 10.6 Å². The van der Waals surface area contributed by atoms with Gasteiger partial charge in [-0.3, -0.25) is 4.79 Å². The van der Waals surface area contributed by atoms with Crippen LogP contribution in [0.25, 0.3) is 11.3 Å². The van der Waals surface area contributed by atoms with Gasteiger partial charge in [0.1, 0.15) is 6.54 Å². The number of halogens is 2. The minimum atomic E-state index is -1.25. The number of benzene rings is 1. The highest BCUT2D eigenvalue weighted by atomic mass is 35.5. The normalized spacial score (nSPS) is 13.5. The van der Waals surface area contributed by atoms with Crippen molar-refractivity contribution in [1.29, 1.82) is 0 Å². The molecule has 1 aromatic carbocycles. The van der Waals surface area contributed by atoms with E-state index in [0.717, 1.165) is 11.7 Å². The third-order valence-electron chi connectivity index (χ3n) is 3.33. The molecule has 7 nitrogen and oxygen atoms in total. The highest BCUT2D eigenvalue weighted by Crippen LogP contribution is 2.40. The maximum atomic E-state index is 11.7. The van der Waals surface area contributed by atoms with E-state index in [-0.39, 0.29) is 24.5 Å². The Bertz CT molecular complexity index is 747. The molecule has 0 aliphatic carbocycles. The molecule has 1 amide bonds. The molecular weight excluding hydrogens is 365 g/mol. The second-order valence-corrected chi connectivity index (χ2v) is 6.22. The Morgan fingerprint density at radius 1 is 1.22 bits per heavy atom. The summed E-state index contributed by atoms with van der Waals surface area (Å²) in [6.07, 6.45) is -1.58. The number of aliphatic carboxylic acids is 1. The summed E-state index contributed by atoms with van der Waals surface area (Å²) in [5, 5.41) is 19.0. The van der Waals surface area contributed by atoms with Gasteiger partial charge in [-0.2, -0.15) is 13.7 Å². The van der Waals surface area contributed by atoms with Crippen molar-refractivity contribution in [2.24, 2.45) is 0 Å². The number of carboxylic acids is 1. The Morgan fingerprint density at radius 2 is 1.83 bits per heavy atom. The van der Waals surface area contributed by atoms with Crippen LogP contribution < -0.4 is 4.48 Å². The summed E-state index contributed by atoms with van der Waals surface area (Å²) >= 11 is 13.1. The lowest BCUT2D eigenvalue weighted by Gasteiger charge is -2.25. The van der Waals surface area contributed by atoms with E-state index >= 15 is 0 Å². The van der Waals surface area contributed by atoms with Gasteiger partial charge in [0, 0.05) is 5.56 Å². The van der Waals surface area contributed by atoms with Crippen LogP contribution in [0.15, 0.2) is 18.2 Å². The lowest BCUT2D eigenvalue weighted by atomic mass is 10.1. The number of quaternary nitrogens is 1. The second kappa shape index (κ2) is 6.79. The van der Waals surface area contributed by atoms with E-state index in [9.17, 15) is 14.7 Å². The van der Waals surface area contributed by atoms with Crippen LogP contribution in [-0.2, 0) is 4.79 Å². The molecule has 0 saturated carbocycles. The molecule has 122 valence electrons. The molecule has 0 radical (unpaired) electrons. The van der Waals surface area contributed by atoms with Crippen molar-refractivity contribution in [2.75, 3.05) is 13.6 Å².